The first-order valence-electron chi connectivity index (χ1n) is 10.4. The standard InChI is InChI=1S/C27H25NO4/c1-31-22-15-9-14-21(16-22)24-23(25(29)20-12-7-4-8-13-20)18-28-27(24,26(30)32-2)17-19-10-5-3-6-11-19/h3-16,18,24,28H,17H2,1-2H3/t24-,27+/m0/s1. The minimum atomic E-state index is -1.18. The molecular formula is C27H25NO4. The van der Waals surface area contributed by atoms with Gasteiger partial charge in [-0.15, -0.1) is 0 Å². The van der Waals surface area contributed by atoms with E-state index < -0.39 is 17.4 Å². The lowest BCUT2D eigenvalue weighted by molar-refractivity contribution is -0.148. The molecule has 0 fully saturated rings. The number of benzene rings is 3. The van der Waals surface area contributed by atoms with Gasteiger partial charge in [-0.1, -0.05) is 72.8 Å². The first kappa shape index (κ1) is 21.4. The monoisotopic (exact) mass is 427 g/mol. The Morgan fingerprint density at radius 1 is 0.906 bits per heavy atom. The number of Topliss-reactive ketones (excluding diaryl/α,β-unsaturated/α-hetero) is 1. The first-order valence-corrected chi connectivity index (χ1v) is 10.4. The van der Waals surface area contributed by atoms with Crippen molar-refractivity contribution < 1.29 is 19.1 Å². The van der Waals surface area contributed by atoms with Gasteiger partial charge in [-0.05, 0) is 23.3 Å². The predicted octanol–water partition coefficient (Wildman–Crippen LogP) is 4.30. The summed E-state index contributed by atoms with van der Waals surface area (Å²) < 4.78 is 10.7. The minimum absolute atomic E-state index is 0.134. The van der Waals surface area contributed by atoms with E-state index in [1.165, 1.54) is 7.11 Å². The highest BCUT2D eigenvalue weighted by Gasteiger charge is 2.53. The lowest BCUT2D eigenvalue weighted by Crippen LogP contribution is -2.54. The van der Waals surface area contributed by atoms with Crippen LogP contribution in [0.1, 0.15) is 27.4 Å². The zero-order chi connectivity index (χ0) is 22.6. The second kappa shape index (κ2) is 9.10. The van der Waals surface area contributed by atoms with E-state index in [0.717, 1.165) is 11.1 Å². The van der Waals surface area contributed by atoms with Crippen LogP contribution in [-0.4, -0.2) is 31.5 Å². The van der Waals surface area contributed by atoms with Gasteiger partial charge in [-0.3, -0.25) is 4.79 Å². The van der Waals surface area contributed by atoms with Crippen LogP contribution in [0.15, 0.2) is 96.7 Å². The quantitative estimate of drug-likeness (QED) is 0.450. The molecule has 4 rings (SSSR count). The molecule has 1 heterocycles. The second-order valence-corrected chi connectivity index (χ2v) is 7.77. The van der Waals surface area contributed by atoms with Crippen molar-refractivity contribution >= 4 is 11.8 Å². The summed E-state index contributed by atoms with van der Waals surface area (Å²) in [7, 11) is 2.96. The van der Waals surface area contributed by atoms with Crippen LogP contribution in [-0.2, 0) is 16.0 Å². The minimum Gasteiger partial charge on any atom is -0.497 e. The van der Waals surface area contributed by atoms with Gasteiger partial charge >= 0.3 is 5.97 Å². The summed E-state index contributed by atoms with van der Waals surface area (Å²) in [6.07, 6.45) is 2.02. The van der Waals surface area contributed by atoms with E-state index in [0.29, 0.717) is 23.3 Å². The van der Waals surface area contributed by atoms with Crippen molar-refractivity contribution in [3.05, 3.63) is 113 Å². The number of nitrogens with one attached hydrogen (secondary N) is 1. The third-order valence-corrected chi connectivity index (χ3v) is 5.89. The number of ether oxygens (including phenoxy) is 2. The van der Waals surface area contributed by atoms with Gasteiger partial charge in [0.2, 0.25) is 0 Å². The highest BCUT2D eigenvalue weighted by Crippen LogP contribution is 2.44. The van der Waals surface area contributed by atoms with Gasteiger partial charge in [0.1, 0.15) is 5.75 Å². The lowest BCUT2D eigenvalue weighted by atomic mass is 9.72. The van der Waals surface area contributed by atoms with Crippen LogP contribution < -0.4 is 10.1 Å². The average molecular weight is 428 g/mol. The highest BCUT2D eigenvalue weighted by molar-refractivity contribution is 6.11. The summed E-state index contributed by atoms with van der Waals surface area (Å²) >= 11 is 0. The molecule has 0 saturated carbocycles. The number of hydrogen-bond donors (Lipinski definition) is 1. The number of rotatable bonds is 7. The van der Waals surface area contributed by atoms with Gasteiger partial charge in [0.25, 0.3) is 0 Å². The molecule has 32 heavy (non-hydrogen) atoms. The Labute approximate surface area is 187 Å². The Balaban J connectivity index is 1.86. The first-order chi connectivity index (χ1) is 15.6. The molecule has 0 aromatic heterocycles. The topological polar surface area (TPSA) is 64.6 Å². The van der Waals surface area contributed by atoms with Gasteiger partial charge in [0.15, 0.2) is 11.3 Å². The summed E-state index contributed by atoms with van der Waals surface area (Å²) in [5, 5.41) is 3.26. The van der Waals surface area contributed by atoms with E-state index in [2.05, 4.69) is 5.32 Å². The molecule has 0 spiro atoms. The van der Waals surface area contributed by atoms with Gasteiger partial charge in [-0.25, -0.2) is 4.79 Å². The van der Waals surface area contributed by atoms with Crippen molar-refractivity contribution in [2.45, 2.75) is 17.9 Å². The smallest absolute Gasteiger partial charge is 0.332 e. The van der Waals surface area contributed by atoms with Gasteiger partial charge in [0, 0.05) is 29.7 Å². The molecule has 3 aromatic carbocycles. The fourth-order valence-electron chi connectivity index (χ4n) is 4.38. The summed E-state index contributed by atoms with van der Waals surface area (Å²) in [4.78, 5) is 26.9. The van der Waals surface area contributed by atoms with Crippen molar-refractivity contribution in [1.29, 1.82) is 0 Å². The van der Waals surface area contributed by atoms with Crippen LogP contribution in [0.25, 0.3) is 0 Å². The molecule has 0 bridgehead atoms. The third kappa shape index (κ3) is 3.89. The third-order valence-electron chi connectivity index (χ3n) is 5.89. The number of methoxy groups -OCH3 is 2. The van der Waals surface area contributed by atoms with E-state index in [1.807, 2.05) is 72.8 Å². The maximum Gasteiger partial charge on any atom is 0.332 e. The number of ketones is 1. The van der Waals surface area contributed by atoms with Crippen LogP contribution in [0.3, 0.4) is 0 Å². The SMILES string of the molecule is COC(=O)[C@]1(Cc2ccccc2)NC=C(C(=O)c2ccccc2)[C@@H]1c1cccc(OC)c1. The fourth-order valence-corrected chi connectivity index (χ4v) is 4.38. The Morgan fingerprint density at radius 2 is 1.59 bits per heavy atom. The number of carbonyl (C=O) groups excluding carboxylic acids is 2. The molecule has 0 amide bonds. The summed E-state index contributed by atoms with van der Waals surface area (Å²) in [6.45, 7) is 0. The predicted molar refractivity (Wildman–Crippen MR) is 123 cm³/mol. The molecule has 0 radical (unpaired) electrons. The van der Waals surface area contributed by atoms with E-state index in [9.17, 15) is 9.59 Å². The van der Waals surface area contributed by atoms with Crippen molar-refractivity contribution in [3.63, 3.8) is 0 Å². The molecule has 5 heteroatoms. The van der Waals surface area contributed by atoms with E-state index in [4.69, 9.17) is 9.47 Å². The fraction of sp³-hybridized carbons (Fsp3) is 0.185. The largest absolute Gasteiger partial charge is 0.497 e. The highest BCUT2D eigenvalue weighted by atomic mass is 16.5. The van der Waals surface area contributed by atoms with Crippen molar-refractivity contribution in [3.8, 4) is 5.75 Å². The van der Waals surface area contributed by atoms with Crippen LogP contribution >= 0.6 is 0 Å². The van der Waals surface area contributed by atoms with Gasteiger partial charge < -0.3 is 14.8 Å². The molecular weight excluding hydrogens is 402 g/mol. The average Bonchev–Trinajstić information content (AvgIpc) is 3.24. The maximum absolute atomic E-state index is 13.5. The molecule has 1 aliphatic rings. The Morgan fingerprint density at radius 3 is 2.25 bits per heavy atom. The Hall–Kier alpha value is -3.86. The second-order valence-electron chi connectivity index (χ2n) is 7.77. The summed E-state index contributed by atoms with van der Waals surface area (Å²) in [6, 6.07) is 26.3. The Bertz CT molecular complexity index is 1140. The number of esters is 1. The molecule has 1 aliphatic heterocycles. The molecule has 1 N–H and O–H groups in total. The molecule has 5 nitrogen and oxygen atoms in total. The van der Waals surface area contributed by atoms with Gasteiger partial charge in [-0.2, -0.15) is 0 Å². The zero-order valence-corrected chi connectivity index (χ0v) is 18.1. The van der Waals surface area contributed by atoms with Crippen molar-refractivity contribution in [1.82, 2.24) is 5.32 Å². The Kier molecular flexibility index (Phi) is 6.08. The summed E-state index contributed by atoms with van der Waals surface area (Å²) in [5.74, 6) is -0.483. The number of carbonyl (C=O) groups is 2. The molecule has 162 valence electrons. The van der Waals surface area contributed by atoms with Crippen LogP contribution in [0.5, 0.6) is 5.75 Å². The lowest BCUT2D eigenvalue weighted by Gasteiger charge is -2.35. The zero-order valence-electron chi connectivity index (χ0n) is 18.1. The van der Waals surface area contributed by atoms with E-state index in [-0.39, 0.29) is 5.78 Å². The normalized spacial score (nSPS) is 19.6. The molecule has 0 unspecified atom stereocenters. The van der Waals surface area contributed by atoms with E-state index >= 15 is 0 Å². The molecule has 2 atom stereocenters. The van der Waals surface area contributed by atoms with Crippen molar-refractivity contribution in [2.75, 3.05) is 14.2 Å². The van der Waals surface area contributed by atoms with Crippen LogP contribution in [0, 0.1) is 0 Å². The van der Waals surface area contributed by atoms with Crippen LogP contribution in [0.4, 0.5) is 0 Å². The van der Waals surface area contributed by atoms with E-state index in [1.54, 1.807) is 25.4 Å². The maximum atomic E-state index is 13.5. The number of hydrogen-bond acceptors (Lipinski definition) is 5. The van der Waals surface area contributed by atoms with Crippen LogP contribution in [0.2, 0.25) is 0 Å². The van der Waals surface area contributed by atoms with Crippen molar-refractivity contribution in [2.24, 2.45) is 0 Å². The molecule has 3 aromatic rings. The molecule has 0 aliphatic carbocycles. The summed E-state index contributed by atoms with van der Waals surface area (Å²) in [5.41, 5.74) is 1.65. The van der Waals surface area contributed by atoms with Gasteiger partial charge in [0.05, 0.1) is 14.2 Å². The molecule has 0 saturated heterocycles.